The number of thioether (sulfide) groups is 1. The minimum atomic E-state index is -0.430. The van der Waals surface area contributed by atoms with Gasteiger partial charge in [0.25, 0.3) is 5.91 Å². The topological polar surface area (TPSA) is 49.4 Å². The standard InChI is InChI=1S/C13H14Cl2N2O2S/c1-20-5-4-11-12(18)17(13(19)16-11)7-8-2-3-9(14)6-10(8)15/h2-3,6,11H,4-5,7H2,1H3,(H,16,19)/t11-/m0/s1. The third-order valence-electron chi connectivity index (χ3n) is 3.06. The molecule has 0 bridgehead atoms. The van der Waals surface area contributed by atoms with E-state index in [4.69, 9.17) is 23.2 Å². The molecule has 108 valence electrons. The van der Waals surface area contributed by atoms with Gasteiger partial charge < -0.3 is 5.32 Å². The number of carbonyl (C=O) groups excluding carboxylic acids is 2. The van der Waals surface area contributed by atoms with E-state index in [-0.39, 0.29) is 18.5 Å². The van der Waals surface area contributed by atoms with Crippen molar-refractivity contribution in [3.05, 3.63) is 33.8 Å². The van der Waals surface area contributed by atoms with E-state index in [0.29, 0.717) is 22.0 Å². The monoisotopic (exact) mass is 332 g/mol. The van der Waals surface area contributed by atoms with E-state index in [2.05, 4.69) is 5.32 Å². The SMILES string of the molecule is CSCC[C@@H]1NC(=O)N(Cc2ccc(Cl)cc2Cl)C1=O. The van der Waals surface area contributed by atoms with Crippen LogP contribution in [0.25, 0.3) is 0 Å². The molecule has 1 aromatic carbocycles. The van der Waals surface area contributed by atoms with E-state index in [9.17, 15) is 9.59 Å². The number of benzene rings is 1. The average molecular weight is 333 g/mol. The summed E-state index contributed by atoms with van der Waals surface area (Å²) >= 11 is 13.5. The zero-order chi connectivity index (χ0) is 14.7. The molecule has 1 N–H and O–H groups in total. The summed E-state index contributed by atoms with van der Waals surface area (Å²) < 4.78 is 0. The van der Waals surface area contributed by atoms with Crippen LogP contribution in [0.3, 0.4) is 0 Å². The minimum absolute atomic E-state index is 0.163. The number of nitrogens with zero attached hydrogens (tertiary/aromatic N) is 1. The highest BCUT2D eigenvalue weighted by Crippen LogP contribution is 2.24. The maximum absolute atomic E-state index is 12.2. The molecule has 0 saturated carbocycles. The van der Waals surface area contributed by atoms with E-state index >= 15 is 0 Å². The number of rotatable bonds is 5. The molecule has 7 heteroatoms. The molecular weight excluding hydrogens is 319 g/mol. The normalized spacial score (nSPS) is 18.6. The Morgan fingerprint density at radius 2 is 2.10 bits per heavy atom. The van der Waals surface area contributed by atoms with Crippen molar-refractivity contribution in [2.75, 3.05) is 12.0 Å². The molecule has 1 saturated heterocycles. The van der Waals surface area contributed by atoms with Crippen molar-refractivity contribution in [3.63, 3.8) is 0 Å². The predicted molar refractivity (Wildman–Crippen MR) is 82.3 cm³/mol. The Hall–Kier alpha value is -0.910. The highest BCUT2D eigenvalue weighted by Gasteiger charge is 2.37. The van der Waals surface area contributed by atoms with Gasteiger partial charge in [-0.05, 0) is 36.1 Å². The number of imide groups is 1. The lowest BCUT2D eigenvalue weighted by atomic mass is 10.2. The average Bonchev–Trinajstić information content (AvgIpc) is 2.66. The second-order valence-electron chi connectivity index (χ2n) is 4.44. The lowest BCUT2D eigenvalue weighted by Crippen LogP contribution is -2.31. The first kappa shape index (κ1) is 15.5. The molecule has 0 aliphatic carbocycles. The van der Waals surface area contributed by atoms with Crippen LogP contribution in [0.4, 0.5) is 4.79 Å². The van der Waals surface area contributed by atoms with Crippen molar-refractivity contribution in [1.29, 1.82) is 0 Å². The van der Waals surface area contributed by atoms with E-state index in [1.54, 1.807) is 30.0 Å². The first-order valence-electron chi connectivity index (χ1n) is 6.07. The third-order valence-corrected chi connectivity index (χ3v) is 4.29. The molecule has 0 unspecified atom stereocenters. The maximum atomic E-state index is 12.2. The number of carbonyl (C=O) groups is 2. The second-order valence-corrected chi connectivity index (χ2v) is 6.27. The van der Waals surface area contributed by atoms with Crippen LogP contribution < -0.4 is 5.32 Å². The van der Waals surface area contributed by atoms with Crippen LogP contribution in [-0.2, 0) is 11.3 Å². The van der Waals surface area contributed by atoms with Crippen molar-refractivity contribution < 1.29 is 9.59 Å². The smallest absolute Gasteiger partial charge is 0.325 e. The van der Waals surface area contributed by atoms with Crippen LogP contribution >= 0.6 is 35.0 Å². The van der Waals surface area contributed by atoms with E-state index in [0.717, 1.165) is 5.75 Å². The van der Waals surface area contributed by atoms with Crippen LogP contribution in [0.1, 0.15) is 12.0 Å². The highest BCUT2D eigenvalue weighted by atomic mass is 35.5. The molecule has 20 heavy (non-hydrogen) atoms. The Kier molecular flexibility index (Phi) is 5.18. The van der Waals surface area contributed by atoms with Gasteiger partial charge in [0, 0.05) is 10.0 Å². The molecule has 1 atom stereocenters. The van der Waals surface area contributed by atoms with Crippen LogP contribution in [-0.4, -0.2) is 34.9 Å². The van der Waals surface area contributed by atoms with E-state index < -0.39 is 6.04 Å². The lowest BCUT2D eigenvalue weighted by molar-refractivity contribution is -0.127. The Morgan fingerprint density at radius 3 is 2.75 bits per heavy atom. The van der Waals surface area contributed by atoms with Gasteiger partial charge in [-0.2, -0.15) is 11.8 Å². The molecular formula is C13H14Cl2N2O2S. The zero-order valence-electron chi connectivity index (χ0n) is 10.9. The van der Waals surface area contributed by atoms with Crippen molar-refractivity contribution in [2.45, 2.75) is 19.0 Å². The molecule has 1 fully saturated rings. The van der Waals surface area contributed by atoms with Gasteiger partial charge in [0.1, 0.15) is 6.04 Å². The summed E-state index contributed by atoms with van der Waals surface area (Å²) in [7, 11) is 0. The number of nitrogens with one attached hydrogen (secondary N) is 1. The van der Waals surface area contributed by atoms with Crippen LogP contribution in [0.2, 0.25) is 10.0 Å². The summed E-state index contributed by atoms with van der Waals surface area (Å²) in [5, 5.41) is 3.67. The summed E-state index contributed by atoms with van der Waals surface area (Å²) in [5.41, 5.74) is 0.699. The quantitative estimate of drug-likeness (QED) is 0.842. The summed E-state index contributed by atoms with van der Waals surface area (Å²) in [6.07, 6.45) is 2.60. The van der Waals surface area contributed by atoms with E-state index in [1.807, 2.05) is 6.26 Å². The maximum Gasteiger partial charge on any atom is 0.325 e. The summed E-state index contributed by atoms with van der Waals surface area (Å²) in [4.78, 5) is 25.2. The Balaban J connectivity index is 2.09. The van der Waals surface area contributed by atoms with Gasteiger partial charge in [-0.1, -0.05) is 29.3 Å². The fourth-order valence-electron chi connectivity index (χ4n) is 1.98. The third kappa shape index (κ3) is 3.40. The van der Waals surface area contributed by atoms with Gasteiger partial charge in [-0.25, -0.2) is 4.79 Å². The number of urea groups is 1. The van der Waals surface area contributed by atoms with Crippen LogP contribution in [0, 0.1) is 0 Å². The number of amides is 3. The molecule has 1 aliphatic rings. The number of halogens is 2. The highest BCUT2D eigenvalue weighted by molar-refractivity contribution is 7.98. The molecule has 0 aromatic heterocycles. The van der Waals surface area contributed by atoms with Crippen molar-refractivity contribution in [2.24, 2.45) is 0 Å². The van der Waals surface area contributed by atoms with Crippen molar-refractivity contribution in [1.82, 2.24) is 10.2 Å². The molecule has 1 heterocycles. The number of hydrogen-bond acceptors (Lipinski definition) is 3. The molecule has 0 spiro atoms. The van der Waals surface area contributed by atoms with Gasteiger partial charge in [-0.15, -0.1) is 0 Å². The van der Waals surface area contributed by atoms with Crippen molar-refractivity contribution in [3.8, 4) is 0 Å². The summed E-state index contributed by atoms with van der Waals surface area (Å²) in [6, 6.07) is 4.21. The predicted octanol–water partition coefficient (Wildman–Crippen LogP) is 3.17. The molecule has 1 aliphatic heterocycles. The fraction of sp³-hybridized carbons (Fsp3) is 0.385. The van der Waals surface area contributed by atoms with E-state index in [1.165, 1.54) is 4.90 Å². The summed E-state index contributed by atoms with van der Waals surface area (Å²) in [5.74, 6) is 0.627. The number of hydrogen-bond donors (Lipinski definition) is 1. The minimum Gasteiger partial charge on any atom is -0.326 e. The molecule has 0 radical (unpaired) electrons. The second kappa shape index (κ2) is 6.70. The first-order valence-corrected chi connectivity index (χ1v) is 8.22. The van der Waals surface area contributed by atoms with Gasteiger partial charge >= 0.3 is 6.03 Å². The largest absolute Gasteiger partial charge is 0.326 e. The Bertz CT molecular complexity index is 539. The lowest BCUT2D eigenvalue weighted by Gasteiger charge is -2.14. The molecule has 3 amide bonds. The van der Waals surface area contributed by atoms with Gasteiger partial charge in [0.2, 0.25) is 0 Å². The molecule has 4 nitrogen and oxygen atoms in total. The Labute approximate surface area is 131 Å². The van der Waals surface area contributed by atoms with Gasteiger partial charge in [-0.3, -0.25) is 9.69 Å². The molecule has 2 rings (SSSR count). The van der Waals surface area contributed by atoms with Gasteiger partial charge in [0.15, 0.2) is 0 Å². The van der Waals surface area contributed by atoms with Crippen molar-refractivity contribution >= 4 is 46.9 Å². The fourth-order valence-corrected chi connectivity index (χ4v) is 2.92. The first-order chi connectivity index (χ1) is 9.52. The summed E-state index contributed by atoms with van der Waals surface area (Å²) in [6.45, 7) is 0.163. The molecule has 1 aromatic rings. The van der Waals surface area contributed by atoms with Crippen LogP contribution in [0.5, 0.6) is 0 Å². The Morgan fingerprint density at radius 1 is 1.35 bits per heavy atom. The zero-order valence-corrected chi connectivity index (χ0v) is 13.2. The van der Waals surface area contributed by atoms with Gasteiger partial charge in [0.05, 0.1) is 6.54 Å². The van der Waals surface area contributed by atoms with Crippen LogP contribution in [0.15, 0.2) is 18.2 Å².